The molecule has 15 heteroatoms. The Kier molecular flexibility index (Phi) is 7.57. The zero-order valence-corrected chi connectivity index (χ0v) is 24.3. The van der Waals surface area contributed by atoms with Gasteiger partial charge in [0.25, 0.3) is 0 Å². The van der Waals surface area contributed by atoms with Crippen LogP contribution in [0.1, 0.15) is 25.3 Å². The number of aromatic amines is 2. The van der Waals surface area contributed by atoms with Gasteiger partial charge in [-0.2, -0.15) is 5.10 Å². The SMILES string of the molecule is CCCC(=O)Nc1cncc(-c2ncc3[nH]nc(-c4nc5c(-c6cc(F)cc(CNS(C)(=O)=O)c6)cncc5[nH]4)c3c2F)c1. The molecule has 0 atom stereocenters. The highest BCUT2D eigenvalue weighted by atomic mass is 32.2. The van der Waals surface area contributed by atoms with Gasteiger partial charge in [-0.25, -0.2) is 26.9 Å². The maximum absolute atomic E-state index is 16.1. The number of nitrogens with one attached hydrogen (secondary N) is 4. The highest BCUT2D eigenvalue weighted by Crippen LogP contribution is 2.35. The molecule has 6 rings (SSSR count). The normalized spacial score (nSPS) is 11.8. The summed E-state index contributed by atoms with van der Waals surface area (Å²) in [6.45, 7) is 1.79. The summed E-state index contributed by atoms with van der Waals surface area (Å²) in [7, 11) is -3.49. The summed E-state index contributed by atoms with van der Waals surface area (Å²) < 4.78 is 56.1. The van der Waals surface area contributed by atoms with E-state index in [9.17, 15) is 17.6 Å². The lowest BCUT2D eigenvalue weighted by molar-refractivity contribution is -0.116. The lowest BCUT2D eigenvalue weighted by Crippen LogP contribution is -2.21. The minimum absolute atomic E-state index is 0.00713. The number of hydrogen-bond donors (Lipinski definition) is 4. The van der Waals surface area contributed by atoms with Crippen molar-refractivity contribution in [3.63, 3.8) is 0 Å². The van der Waals surface area contributed by atoms with E-state index in [-0.39, 0.29) is 35.1 Å². The Hall–Kier alpha value is -5.15. The Bertz CT molecular complexity index is 2160. The van der Waals surface area contributed by atoms with Crippen LogP contribution in [0.2, 0.25) is 0 Å². The Morgan fingerprint density at radius 1 is 0.955 bits per heavy atom. The number of benzene rings is 1. The number of nitrogens with zero attached hydrogens (tertiary/aromatic N) is 5. The van der Waals surface area contributed by atoms with Crippen molar-refractivity contribution in [2.75, 3.05) is 11.6 Å². The molecule has 0 aliphatic heterocycles. The van der Waals surface area contributed by atoms with Crippen LogP contribution in [0.3, 0.4) is 0 Å². The molecule has 1 aromatic carbocycles. The lowest BCUT2D eigenvalue weighted by Gasteiger charge is -2.08. The maximum atomic E-state index is 16.1. The third kappa shape index (κ3) is 5.87. The third-order valence-corrected chi connectivity index (χ3v) is 7.41. The molecular weight excluding hydrogens is 592 g/mol. The molecule has 5 aromatic heterocycles. The van der Waals surface area contributed by atoms with E-state index in [1.54, 1.807) is 12.1 Å². The molecule has 224 valence electrons. The summed E-state index contributed by atoms with van der Waals surface area (Å²) >= 11 is 0. The number of carbonyl (C=O) groups is 1. The second-order valence-electron chi connectivity index (χ2n) is 10.2. The highest BCUT2D eigenvalue weighted by Gasteiger charge is 2.22. The average Bonchev–Trinajstić information content (AvgIpc) is 3.61. The second kappa shape index (κ2) is 11.5. The zero-order valence-electron chi connectivity index (χ0n) is 23.4. The number of aromatic nitrogens is 7. The fourth-order valence-electron chi connectivity index (χ4n) is 4.81. The number of anilines is 1. The van der Waals surface area contributed by atoms with E-state index in [0.29, 0.717) is 57.3 Å². The summed E-state index contributed by atoms with van der Waals surface area (Å²) in [6, 6.07) is 5.76. The molecule has 0 saturated carbocycles. The molecule has 0 aliphatic rings. The van der Waals surface area contributed by atoms with Crippen LogP contribution in [0.25, 0.3) is 55.8 Å². The third-order valence-electron chi connectivity index (χ3n) is 6.74. The van der Waals surface area contributed by atoms with Crippen molar-refractivity contribution in [3.8, 4) is 33.9 Å². The van der Waals surface area contributed by atoms with Gasteiger partial charge >= 0.3 is 0 Å². The number of sulfonamides is 1. The molecule has 0 fully saturated rings. The summed E-state index contributed by atoms with van der Waals surface area (Å²) in [5.41, 5.74) is 3.50. The Morgan fingerprint density at radius 3 is 2.57 bits per heavy atom. The smallest absolute Gasteiger partial charge is 0.224 e. The first-order valence-electron chi connectivity index (χ1n) is 13.5. The van der Waals surface area contributed by atoms with Gasteiger partial charge in [-0.05, 0) is 41.8 Å². The second-order valence-corrected chi connectivity index (χ2v) is 12.0. The molecule has 5 heterocycles. The van der Waals surface area contributed by atoms with Crippen molar-refractivity contribution >= 4 is 43.6 Å². The first-order chi connectivity index (χ1) is 21.1. The van der Waals surface area contributed by atoms with Crippen LogP contribution in [0, 0.1) is 11.6 Å². The summed E-state index contributed by atoms with van der Waals surface area (Å²) in [6.07, 6.45) is 9.46. The standard InChI is InChI=1S/C29H25F2N9O3S/c1-3-4-23(41)36-19-8-17(10-32-11-19)26-25(31)24-21(14-34-26)39-40-28(24)29-37-22-13-33-12-20(27(22)38-29)16-5-15(6-18(30)7-16)9-35-44(2,42)43/h5-8,10-14,35H,3-4,9H2,1-2H3,(H,36,41)(H,37,38)(H,39,40). The van der Waals surface area contributed by atoms with Crippen LogP contribution in [0.15, 0.2) is 55.2 Å². The number of fused-ring (bicyclic) bond motifs is 2. The van der Waals surface area contributed by atoms with E-state index in [4.69, 9.17) is 0 Å². The van der Waals surface area contributed by atoms with Crippen LogP contribution in [-0.4, -0.2) is 55.7 Å². The molecule has 0 unspecified atom stereocenters. The van der Waals surface area contributed by atoms with Crippen molar-refractivity contribution in [2.45, 2.75) is 26.3 Å². The van der Waals surface area contributed by atoms with E-state index in [1.807, 2.05) is 6.92 Å². The van der Waals surface area contributed by atoms with Gasteiger partial charge in [-0.15, -0.1) is 0 Å². The number of amides is 1. The van der Waals surface area contributed by atoms with Crippen molar-refractivity contribution in [2.24, 2.45) is 0 Å². The van der Waals surface area contributed by atoms with E-state index in [0.717, 1.165) is 6.26 Å². The maximum Gasteiger partial charge on any atom is 0.224 e. The number of halogens is 2. The van der Waals surface area contributed by atoms with Gasteiger partial charge in [0.1, 0.15) is 17.2 Å². The number of pyridine rings is 3. The quantitative estimate of drug-likeness (QED) is 0.181. The molecule has 0 radical (unpaired) electrons. The minimum Gasteiger partial charge on any atom is -0.335 e. The molecular formula is C29H25F2N9O3S. The molecule has 0 aliphatic carbocycles. The van der Waals surface area contributed by atoms with Crippen molar-refractivity contribution in [3.05, 3.63) is 72.4 Å². The molecule has 44 heavy (non-hydrogen) atoms. The van der Waals surface area contributed by atoms with Gasteiger partial charge in [0.15, 0.2) is 11.6 Å². The molecule has 0 bridgehead atoms. The van der Waals surface area contributed by atoms with Gasteiger partial charge in [-0.3, -0.25) is 24.8 Å². The Labute approximate surface area is 249 Å². The summed E-state index contributed by atoms with van der Waals surface area (Å²) in [4.78, 5) is 32.5. The van der Waals surface area contributed by atoms with Gasteiger partial charge in [0.2, 0.25) is 15.9 Å². The van der Waals surface area contributed by atoms with Crippen molar-refractivity contribution in [1.82, 2.24) is 39.8 Å². The van der Waals surface area contributed by atoms with Crippen LogP contribution in [0.5, 0.6) is 0 Å². The van der Waals surface area contributed by atoms with Crippen LogP contribution in [0.4, 0.5) is 14.5 Å². The number of rotatable bonds is 9. The van der Waals surface area contributed by atoms with Crippen molar-refractivity contribution < 1.29 is 22.0 Å². The van der Waals surface area contributed by atoms with E-state index < -0.39 is 21.7 Å². The zero-order chi connectivity index (χ0) is 31.0. The van der Waals surface area contributed by atoms with Gasteiger partial charge in [-0.1, -0.05) is 6.92 Å². The van der Waals surface area contributed by atoms with E-state index >= 15 is 4.39 Å². The lowest BCUT2D eigenvalue weighted by atomic mass is 10.0. The number of imidazole rings is 1. The van der Waals surface area contributed by atoms with Crippen molar-refractivity contribution in [1.29, 1.82) is 0 Å². The first kappa shape index (κ1) is 28.9. The minimum atomic E-state index is -3.49. The van der Waals surface area contributed by atoms with Crippen LogP contribution in [-0.2, 0) is 21.4 Å². The average molecular weight is 618 g/mol. The molecule has 0 spiro atoms. The first-order valence-corrected chi connectivity index (χ1v) is 15.3. The number of hydrogen-bond acceptors (Lipinski definition) is 8. The monoisotopic (exact) mass is 617 g/mol. The van der Waals surface area contributed by atoms with Crippen LogP contribution < -0.4 is 10.0 Å². The predicted octanol–water partition coefficient (Wildman–Crippen LogP) is 4.69. The fourth-order valence-corrected chi connectivity index (χ4v) is 5.24. The van der Waals surface area contributed by atoms with Gasteiger partial charge in [0.05, 0.1) is 52.5 Å². The van der Waals surface area contributed by atoms with Gasteiger partial charge < -0.3 is 10.3 Å². The van der Waals surface area contributed by atoms with Crippen LogP contribution >= 0.6 is 0 Å². The summed E-state index contributed by atoms with van der Waals surface area (Å²) in [5.74, 6) is -1.18. The Morgan fingerprint density at radius 2 is 1.77 bits per heavy atom. The largest absolute Gasteiger partial charge is 0.335 e. The molecule has 4 N–H and O–H groups in total. The fraction of sp³-hybridized carbons (Fsp3) is 0.172. The van der Waals surface area contributed by atoms with E-state index in [1.165, 1.54) is 43.1 Å². The number of H-pyrrole nitrogens is 2. The summed E-state index contributed by atoms with van der Waals surface area (Å²) in [5, 5.41) is 9.96. The molecule has 12 nitrogen and oxygen atoms in total. The molecule has 1 amide bonds. The van der Waals surface area contributed by atoms with E-state index in [2.05, 4.69) is 45.2 Å². The van der Waals surface area contributed by atoms with Gasteiger partial charge in [0, 0.05) is 36.5 Å². The molecule has 6 aromatic rings. The molecule has 0 saturated heterocycles. The predicted molar refractivity (Wildman–Crippen MR) is 161 cm³/mol. The topological polar surface area (TPSA) is 171 Å². The highest BCUT2D eigenvalue weighted by molar-refractivity contribution is 7.88. The number of carbonyl (C=O) groups excluding carboxylic acids is 1. The Balaban J connectivity index is 1.40.